The molecular weight excluding hydrogens is 278 g/mol. The highest BCUT2D eigenvalue weighted by Gasteiger charge is 2.12. The lowest BCUT2D eigenvalue weighted by molar-refractivity contribution is -0.118. The molecule has 2 aromatic rings. The van der Waals surface area contributed by atoms with E-state index in [9.17, 15) is 4.79 Å². The lowest BCUT2D eigenvalue weighted by Crippen LogP contribution is -2.21. The van der Waals surface area contributed by atoms with Crippen molar-refractivity contribution < 1.29 is 9.32 Å². The fourth-order valence-corrected chi connectivity index (χ4v) is 1.99. The first-order valence-electron chi connectivity index (χ1n) is 6.40. The molecule has 0 saturated heterocycles. The fraction of sp³-hybridized carbons (Fsp3) is 0.357. The summed E-state index contributed by atoms with van der Waals surface area (Å²) in [6.45, 7) is 4.01. The van der Waals surface area contributed by atoms with Crippen LogP contribution in [-0.4, -0.2) is 22.6 Å². The van der Waals surface area contributed by atoms with Crippen molar-refractivity contribution in [2.75, 3.05) is 6.54 Å². The third-order valence-corrected chi connectivity index (χ3v) is 3.33. The number of rotatable bonds is 5. The van der Waals surface area contributed by atoms with E-state index in [0.717, 1.165) is 17.5 Å². The van der Waals surface area contributed by atoms with E-state index in [0.29, 0.717) is 29.7 Å². The van der Waals surface area contributed by atoms with Gasteiger partial charge in [0.2, 0.25) is 17.6 Å². The second-order valence-corrected chi connectivity index (χ2v) is 4.92. The Morgan fingerprint density at radius 3 is 3.00 bits per heavy atom. The summed E-state index contributed by atoms with van der Waals surface area (Å²) in [7, 11) is 0. The van der Waals surface area contributed by atoms with Gasteiger partial charge in [-0.25, -0.2) is 0 Å². The topological polar surface area (TPSA) is 68.0 Å². The Morgan fingerprint density at radius 2 is 2.25 bits per heavy atom. The van der Waals surface area contributed by atoms with Crippen LogP contribution in [0.1, 0.15) is 24.8 Å². The van der Waals surface area contributed by atoms with Crippen LogP contribution in [0.2, 0.25) is 5.02 Å². The fourth-order valence-electron chi connectivity index (χ4n) is 1.82. The number of carbonyl (C=O) groups excluding carboxylic acids is 1. The normalized spacial score (nSPS) is 10.6. The smallest absolute Gasteiger partial charge is 0.227 e. The molecule has 0 saturated carbocycles. The molecule has 0 atom stereocenters. The van der Waals surface area contributed by atoms with Gasteiger partial charge < -0.3 is 9.84 Å². The van der Waals surface area contributed by atoms with E-state index in [-0.39, 0.29) is 5.91 Å². The number of hydrogen-bond donors (Lipinski definition) is 1. The Bertz CT molecular complexity index is 610. The maximum atomic E-state index is 10.7. The van der Waals surface area contributed by atoms with Crippen LogP contribution in [-0.2, 0) is 11.2 Å². The number of hydrogen-bond acceptors (Lipinski definition) is 4. The SMILES string of the molecule is CC(=O)NCCCc1nc(-c2cccc(Cl)c2C)no1. The molecule has 2 rings (SSSR count). The van der Waals surface area contributed by atoms with Crippen molar-refractivity contribution in [2.24, 2.45) is 0 Å². The lowest BCUT2D eigenvalue weighted by atomic mass is 10.1. The summed E-state index contributed by atoms with van der Waals surface area (Å²) in [5, 5.41) is 7.37. The molecule has 1 heterocycles. The standard InChI is InChI=1S/C14H16ClN3O2/c1-9-11(5-3-6-12(9)15)14-17-13(20-18-14)7-4-8-16-10(2)19/h3,5-6H,4,7-8H2,1-2H3,(H,16,19). The molecule has 0 aliphatic rings. The van der Waals surface area contributed by atoms with Crippen LogP contribution in [0.15, 0.2) is 22.7 Å². The monoisotopic (exact) mass is 293 g/mol. The highest BCUT2D eigenvalue weighted by Crippen LogP contribution is 2.26. The van der Waals surface area contributed by atoms with Gasteiger partial charge in [0.25, 0.3) is 0 Å². The van der Waals surface area contributed by atoms with Gasteiger partial charge in [-0.05, 0) is 25.0 Å². The van der Waals surface area contributed by atoms with Crippen LogP contribution in [0, 0.1) is 6.92 Å². The molecule has 0 bridgehead atoms. The zero-order chi connectivity index (χ0) is 14.5. The summed E-state index contributed by atoms with van der Waals surface area (Å²) < 4.78 is 5.20. The van der Waals surface area contributed by atoms with Crippen molar-refractivity contribution in [3.8, 4) is 11.4 Å². The summed E-state index contributed by atoms with van der Waals surface area (Å²) in [4.78, 5) is 15.1. The molecule has 0 fully saturated rings. The molecule has 1 aromatic carbocycles. The van der Waals surface area contributed by atoms with E-state index in [1.807, 2.05) is 25.1 Å². The average Bonchev–Trinajstić information content (AvgIpc) is 2.86. The van der Waals surface area contributed by atoms with Gasteiger partial charge in [0.1, 0.15) is 0 Å². The number of aromatic nitrogens is 2. The largest absolute Gasteiger partial charge is 0.356 e. The van der Waals surface area contributed by atoms with Crippen LogP contribution in [0.4, 0.5) is 0 Å². The lowest BCUT2D eigenvalue weighted by Gasteiger charge is -2.01. The predicted octanol–water partition coefficient (Wildman–Crippen LogP) is 2.77. The molecule has 0 radical (unpaired) electrons. The van der Waals surface area contributed by atoms with Crippen molar-refractivity contribution in [1.29, 1.82) is 0 Å². The van der Waals surface area contributed by atoms with Crippen LogP contribution in [0.3, 0.4) is 0 Å². The number of nitrogens with one attached hydrogen (secondary N) is 1. The van der Waals surface area contributed by atoms with Crippen molar-refractivity contribution in [3.05, 3.63) is 34.7 Å². The number of benzene rings is 1. The second-order valence-electron chi connectivity index (χ2n) is 4.51. The van der Waals surface area contributed by atoms with Gasteiger partial charge in [-0.3, -0.25) is 4.79 Å². The average molecular weight is 294 g/mol. The third-order valence-electron chi connectivity index (χ3n) is 2.92. The molecule has 6 heteroatoms. The first-order chi connectivity index (χ1) is 9.58. The Kier molecular flexibility index (Phi) is 4.74. The van der Waals surface area contributed by atoms with Crippen LogP contribution >= 0.6 is 11.6 Å². The molecule has 0 spiro atoms. The molecule has 0 aliphatic heterocycles. The van der Waals surface area contributed by atoms with E-state index in [1.165, 1.54) is 6.92 Å². The first-order valence-corrected chi connectivity index (χ1v) is 6.78. The Hall–Kier alpha value is -1.88. The minimum atomic E-state index is -0.0363. The van der Waals surface area contributed by atoms with E-state index in [1.54, 1.807) is 0 Å². The minimum Gasteiger partial charge on any atom is -0.356 e. The molecular formula is C14H16ClN3O2. The molecule has 20 heavy (non-hydrogen) atoms. The molecule has 0 unspecified atom stereocenters. The summed E-state index contributed by atoms with van der Waals surface area (Å²) in [5.41, 5.74) is 1.80. The van der Waals surface area contributed by atoms with E-state index in [2.05, 4.69) is 15.5 Å². The van der Waals surface area contributed by atoms with Crippen LogP contribution < -0.4 is 5.32 Å². The molecule has 1 N–H and O–H groups in total. The third kappa shape index (κ3) is 3.57. The zero-order valence-corrected chi connectivity index (χ0v) is 12.2. The Labute approximate surface area is 122 Å². The number of amides is 1. The number of halogens is 1. The van der Waals surface area contributed by atoms with Gasteiger partial charge in [0, 0.05) is 30.5 Å². The molecule has 5 nitrogen and oxygen atoms in total. The van der Waals surface area contributed by atoms with E-state index < -0.39 is 0 Å². The van der Waals surface area contributed by atoms with Crippen molar-refractivity contribution >= 4 is 17.5 Å². The Morgan fingerprint density at radius 1 is 1.45 bits per heavy atom. The second kappa shape index (κ2) is 6.52. The van der Waals surface area contributed by atoms with Crippen molar-refractivity contribution in [1.82, 2.24) is 15.5 Å². The van der Waals surface area contributed by atoms with Crippen molar-refractivity contribution in [2.45, 2.75) is 26.7 Å². The Balaban J connectivity index is 2.02. The maximum absolute atomic E-state index is 10.7. The molecule has 106 valence electrons. The predicted molar refractivity (Wildman–Crippen MR) is 76.5 cm³/mol. The first kappa shape index (κ1) is 14.5. The van der Waals surface area contributed by atoms with Gasteiger partial charge in [-0.1, -0.05) is 28.9 Å². The van der Waals surface area contributed by atoms with Crippen LogP contribution in [0.5, 0.6) is 0 Å². The molecule has 1 amide bonds. The zero-order valence-electron chi connectivity index (χ0n) is 11.4. The van der Waals surface area contributed by atoms with Gasteiger partial charge in [-0.15, -0.1) is 0 Å². The maximum Gasteiger partial charge on any atom is 0.227 e. The van der Waals surface area contributed by atoms with Crippen LogP contribution in [0.25, 0.3) is 11.4 Å². The summed E-state index contributed by atoms with van der Waals surface area (Å²) in [6.07, 6.45) is 1.39. The highest BCUT2D eigenvalue weighted by molar-refractivity contribution is 6.31. The number of nitrogens with zero attached hydrogens (tertiary/aromatic N) is 2. The van der Waals surface area contributed by atoms with Gasteiger partial charge in [0.05, 0.1) is 0 Å². The number of aryl methyl sites for hydroxylation is 1. The molecule has 1 aromatic heterocycles. The van der Waals surface area contributed by atoms with E-state index in [4.69, 9.17) is 16.1 Å². The molecule has 0 aliphatic carbocycles. The minimum absolute atomic E-state index is 0.0363. The van der Waals surface area contributed by atoms with Gasteiger partial charge in [0.15, 0.2) is 0 Å². The summed E-state index contributed by atoms with van der Waals surface area (Å²) in [6, 6.07) is 5.60. The van der Waals surface area contributed by atoms with Crippen molar-refractivity contribution in [3.63, 3.8) is 0 Å². The summed E-state index contributed by atoms with van der Waals surface area (Å²) in [5.74, 6) is 1.06. The summed E-state index contributed by atoms with van der Waals surface area (Å²) >= 11 is 6.08. The number of carbonyl (C=O) groups is 1. The van der Waals surface area contributed by atoms with Gasteiger partial charge >= 0.3 is 0 Å². The quantitative estimate of drug-likeness (QED) is 0.861. The van der Waals surface area contributed by atoms with Gasteiger partial charge in [-0.2, -0.15) is 4.98 Å². The highest BCUT2D eigenvalue weighted by atomic mass is 35.5. The van der Waals surface area contributed by atoms with E-state index >= 15 is 0 Å².